The molecule has 2 aliphatic heterocycles. The number of carbonyl (C=O) groups is 2. The number of carbonyl (C=O) groups excluding carboxylic acids is 2. The second-order valence-electron chi connectivity index (χ2n) is 6.81. The monoisotopic (exact) mass is 293 g/mol. The Morgan fingerprint density at radius 3 is 2.14 bits per heavy atom. The second kappa shape index (κ2) is 6.34. The third-order valence-electron chi connectivity index (χ3n) is 5.15. The van der Waals surface area contributed by atoms with Crippen LogP contribution in [0.4, 0.5) is 0 Å². The van der Waals surface area contributed by atoms with Gasteiger partial charge in [0.15, 0.2) is 0 Å². The van der Waals surface area contributed by atoms with Crippen molar-refractivity contribution in [2.75, 3.05) is 33.2 Å². The Hall–Kier alpha value is -1.10. The van der Waals surface area contributed by atoms with Gasteiger partial charge in [-0.05, 0) is 45.6 Å². The van der Waals surface area contributed by atoms with Gasteiger partial charge in [0.1, 0.15) is 0 Å². The highest BCUT2D eigenvalue weighted by Gasteiger charge is 2.38. The summed E-state index contributed by atoms with van der Waals surface area (Å²) in [6.45, 7) is 3.19. The summed E-state index contributed by atoms with van der Waals surface area (Å²) < 4.78 is 0. The van der Waals surface area contributed by atoms with E-state index in [0.717, 1.165) is 58.2 Å². The molecular weight excluding hydrogens is 266 g/mol. The molecule has 0 bridgehead atoms. The fourth-order valence-electron chi connectivity index (χ4n) is 3.64. The standard InChI is InChI=1S/C16H27N3O2/c1-17-14-5-3-9-19(11-14)16(21)13-4-2-8-18(10-13)15(20)12-6-7-12/h12-14,17H,2-11H2,1H3. The lowest BCUT2D eigenvalue weighted by Crippen LogP contribution is -2.52. The van der Waals surface area contributed by atoms with Crippen LogP contribution in [0.1, 0.15) is 38.5 Å². The van der Waals surface area contributed by atoms with Crippen molar-refractivity contribution in [3.63, 3.8) is 0 Å². The van der Waals surface area contributed by atoms with E-state index in [2.05, 4.69) is 5.32 Å². The van der Waals surface area contributed by atoms with E-state index in [4.69, 9.17) is 0 Å². The Balaban J connectivity index is 1.57. The SMILES string of the molecule is CNC1CCCN(C(=O)C2CCCN(C(=O)C3CC3)C2)C1. The van der Waals surface area contributed by atoms with Crippen LogP contribution in [0.3, 0.4) is 0 Å². The lowest BCUT2D eigenvalue weighted by Gasteiger charge is -2.38. The maximum atomic E-state index is 12.7. The highest BCUT2D eigenvalue weighted by molar-refractivity contribution is 5.83. The van der Waals surface area contributed by atoms with Gasteiger partial charge >= 0.3 is 0 Å². The van der Waals surface area contributed by atoms with E-state index in [1.807, 2.05) is 16.8 Å². The van der Waals surface area contributed by atoms with Gasteiger partial charge < -0.3 is 15.1 Å². The minimum Gasteiger partial charge on any atom is -0.342 e. The van der Waals surface area contributed by atoms with Gasteiger partial charge in [0.05, 0.1) is 5.92 Å². The molecule has 2 saturated heterocycles. The van der Waals surface area contributed by atoms with Gasteiger partial charge in [0.2, 0.25) is 11.8 Å². The van der Waals surface area contributed by atoms with Crippen molar-refractivity contribution in [1.29, 1.82) is 0 Å². The number of likely N-dealkylation sites (N-methyl/N-ethyl adjacent to an activating group) is 1. The molecule has 1 saturated carbocycles. The third-order valence-corrected chi connectivity index (χ3v) is 5.15. The molecule has 2 unspecified atom stereocenters. The lowest BCUT2D eigenvalue weighted by molar-refractivity contribution is -0.142. The number of hydrogen-bond donors (Lipinski definition) is 1. The smallest absolute Gasteiger partial charge is 0.227 e. The quantitative estimate of drug-likeness (QED) is 0.839. The molecule has 0 spiro atoms. The molecule has 118 valence electrons. The van der Waals surface area contributed by atoms with Crippen LogP contribution in [0.15, 0.2) is 0 Å². The van der Waals surface area contributed by atoms with Gasteiger partial charge in [-0.1, -0.05) is 0 Å². The predicted octanol–water partition coefficient (Wildman–Crippen LogP) is 0.845. The van der Waals surface area contributed by atoms with Gasteiger partial charge in [0, 0.05) is 38.1 Å². The number of amides is 2. The van der Waals surface area contributed by atoms with Crippen molar-refractivity contribution in [2.24, 2.45) is 11.8 Å². The zero-order valence-corrected chi connectivity index (χ0v) is 13.0. The van der Waals surface area contributed by atoms with Gasteiger partial charge in [-0.3, -0.25) is 9.59 Å². The average molecular weight is 293 g/mol. The number of hydrogen-bond acceptors (Lipinski definition) is 3. The van der Waals surface area contributed by atoms with Crippen molar-refractivity contribution in [3.05, 3.63) is 0 Å². The van der Waals surface area contributed by atoms with Gasteiger partial charge in [-0.15, -0.1) is 0 Å². The number of piperidine rings is 2. The first-order valence-electron chi connectivity index (χ1n) is 8.44. The maximum absolute atomic E-state index is 12.7. The number of nitrogens with zero attached hydrogens (tertiary/aromatic N) is 2. The van der Waals surface area contributed by atoms with Gasteiger partial charge in [-0.2, -0.15) is 0 Å². The lowest BCUT2D eigenvalue weighted by atomic mass is 9.94. The largest absolute Gasteiger partial charge is 0.342 e. The van der Waals surface area contributed by atoms with Crippen LogP contribution in [0.25, 0.3) is 0 Å². The molecule has 2 heterocycles. The molecule has 3 fully saturated rings. The van der Waals surface area contributed by atoms with Crippen molar-refractivity contribution < 1.29 is 9.59 Å². The maximum Gasteiger partial charge on any atom is 0.227 e. The first-order chi connectivity index (χ1) is 10.2. The molecule has 0 aromatic rings. The minimum atomic E-state index is 0.0251. The summed E-state index contributed by atoms with van der Waals surface area (Å²) in [5.74, 6) is 0.849. The Morgan fingerprint density at radius 1 is 0.857 bits per heavy atom. The van der Waals surface area contributed by atoms with E-state index in [0.29, 0.717) is 18.5 Å². The van der Waals surface area contributed by atoms with Crippen LogP contribution in [0.5, 0.6) is 0 Å². The molecule has 3 rings (SSSR count). The van der Waals surface area contributed by atoms with E-state index in [1.54, 1.807) is 0 Å². The molecule has 2 atom stereocenters. The van der Waals surface area contributed by atoms with Crippen LogP contribution in [0.2, 0.25) is 0 Å². The Bertz CT molecular complexity index is 408. The van der Waals surface area contributed by atoms with E-state index < -0.39 is 0 Å². The zero-order valence-electron chi connectivity index (χ0n) is 13.0. The molecule has 21 heavy (non-hydrogen) atoms. The number of likely N-dealkylation sites (tertiary alicyclic amines) is 2. The normalized spacial score (nSPS) is 30.3. The molecule has 2 amide bonds. The molecule has 0 aromatic heterocycles. The first kappa shape index (κ1) is 14.8. The van der Waals surface area contributed by atoms with Crippen LogP contribution in [-0.2, 0) is 9.59 Å². The van der Waals surface area contributed by atoms with Crippen LogP contribution < -0.4 is 5.32 Å². The molecule has 5 nitrogen and oxygen atoms in total. The highest BCUT2D eigenvalue weighted by Crippen LogP contribution is 2.32. The minimum absolute atomic E-state index is 0.0251. The fraction of sp³-hybridized carbons (Fsp3) is 0.875. The summed E-state index contributed by atoms with van der Waals surface area (Å²) in [5, 5.41) is 3.28. The molecule has 1 N–H and O–H groups in total. The highest BCUT2D eigenvalue weighted by atomic mass is 16.2. The van der Waals surface area contributed by atoms with E-state index >= 15 is 0 Å². The van der Waals surface area contributed by atoms with E-state index in [9.17, 15) is 9.59 Å². The summed E-state index contributed by atoms with van der Waals surface area (Å²) in [4.78, 5) is 28.9. The molecule has 3 aliphatic rings. The molecule has 0 radical (unpaired) electrons. The Morgan fingerprint density at radius 2 is 1.48 bits per heavy atom. The second-order valence-corrected chi connectivity index (χ2v) is 6.81. The predicted molar refractivity (Wildman–Crippen MR) is 80.7 cm³/mol. The number of nitrogens with one attached hydrogen (secondary N) is 1. The van der Waals surface area contributed by atoms with Crippen LogP contribution in [-0.4, -0.2) is 60.9 Å². The molecule has 5 heteroatoms. The summed E-state index contributed by atoms with van der Waals surface area (Å²) in [6, 6.07) is 0.426. The van der Waals surface area contributed by atoms with E-state index in [-0.39, 0.29) is 17.7 Å². The van der Waals surface area contributed by atoms with Crippen LogP contribution >= 0.6 is 0 Å². The average Bonchev–Trinajstić information content (AvgIpc) is 3.38. The third kappa shape index (κ3) is 3.39. The van der Waals surface area contributed by atoms with Crippen molar-refractivity contribution in [2.45, 2.75) is 44.6 Å². The van der Waals surface area contributed by atoms with Crippen molar-refractivity contribution in [1.82, 2.24) is 15.1 Å². The first-order valence-corrected chi connectivity index (χ1v) is 8.44. The summed E-state index contributed by atoms with van der Waals surface area (Å²) >= 11 is 0. The van der Waals surface area contributed by atoms with Gasteiger partial charge in [-0.25, -0.2) is 0 Å². The van der Waals surface area contributed by atoms with E-state index in [1.165, 1.54) is 0 Å². The Kier molecular flexibility index (Phi) is 4.48. The van der Waals surface area contributed by atoms with Crippen molar-refractivity contribution >= 4 is 11.8 Å². The molecule has 1 aliphatic carbocycles. The molecule has 0 aromatic carbocycles. The summed E-state index contributed by atoms with van der Waals surface area (Å²) in [5.41, 5.74) is 0. The van der Waals surface area contributed by atoms with Gasteiger partial charge in [0.25, 0.3) is 0 Å². The zero-order chi connectivity index (χ0) is 14.8. The van der Waals surface area contributed by atoms with Crippen LogP contribution in [0, 0.1) is 11.8 Å². The fourth-order valence-corrected chi connectivity index (χ4v) is 3.64. The summed E-state index contributed by atoms with van der Waals surface area (Å²) in [6.07, 6.45) is 6.23. The number of rotatable bonds is 3. The molecular formula is C16H27N3O2. The topological polar surface area (TPSA) is 52.7 Å². The Labute approximate surface area is 127 Å². The van der Waals surface area contributed by atoms with Crippen molar-refractivity contribution in [3.8, 4) is 0 Å². The summed E-state index contributed by atoms with van der Waals surface area (Å²) in [7, 11) is 1.97.